The SMILES string of the molecule is CC(C)(C)ONC1CCCOc2cc(Br)ccc21. The monoisotopic (exact) mass is 313 g/mol. The summed E-state index contributed by atoms with van der Waals surface area (Å²) in [5.74, 6) is 0.942. The Balaban J connectivity index is 2.17. The first-order chi connectivity index (χ1) is 8.46. The molecule has 100 valence electrons. The summed E-state index contributed by atoms with van der Waals surface area (Å²) in [6, 6.07) is 6.34. The fourth-order valence-corrected chi connectivity index (χ4v) is 2.26. The maximum Gasteiger partial charge on any atom is 0.125 e. The molecule has 1 N–H and O–H groups in total. The van der Waals surface area contributed by atoms with Crippen molar-refractivity contribution in [2.45, 2.75) is 45.3 Å². The van der Waals surface area contributed by atoms with Gasteiger partial charge in [-0.3, -0.25) is 4.84 Å². The zero-order chi connectivity index (χ0) is 13.2. The van der Waals surface area contributed by atoms with E-state index >= 15 is 0 Å². The van der Waals surface area contributed by atoms with Crippen LogP contribution in [0.15, 0.2) is 22.7 Å². The van der Waals surface area contributed by atoms with E-state index in [4.69, 9.17) is 9.57 Å². The van der Waals surface area contributed by atoms with Gasteiger partial charge in [0.15, 0.2) is 0 Å². The van der Waals surface area contributed by atoms with Crippen LogP contribution in [0.25, 0.3) is 0 Å². The van der Waals surface area contributed by atoms with E-state index < -0.39 is 0 Å². The molecule has 1 atom stereocenters. The molecule has 1 unspecified atom stereocenters. The summed E-state index contributed by atoms with van der Waals surface area (Å²) in [6.07, 6.45) is 2.04. The number of benzene rings is 1. The molecular weight excluding hydrogens is 294 g/mol. The van der Waals surface area contributed by atoms with Gasteiger partial charge in [-0.2, -0.15) is 5.48 Å². The molecule has 0 saturated heterocycles. The molecule has 1 heterocycles. The Morgan fingerprint density at radius 1 is 1.39 bits per heavy atom. The van der Waals surface area contributed by atoms with Crippen LogP contribution in [0.2, 0.25) is 0 Å². The van der Waals surface area contributed by atoms with E-state index in [0.717, 1.165) is 29.7 Å². The van der Waals surface area contributed by atoms with Gasteiger partial charge in [0.25, 0.3) is 0 Å². The van der Waals surface area contributed by atoms with Gasteiger partial charge in [0.1, 0.15) is 5.75 Å². The molecule has 0 radical (unpaired) electrons. The lowest BCUT2D eigenvalue weighted by Crippen LogP contribution is -2.32. The van der Waals surface area contributed by atoms with Crippen molar-refractivity contribution in [2.24, 2.45) is 0 Å². The largest absolute Gasteiger partial charge is 0.493 e. The third-order valence-electron chi connectivity index (χ3n) is 2.75. The van der Waals surface area contributed by atoms with Gasteiger partial charge < -0.3 is 4.74 Å². The quantitative estimate of drug-likeness (QED) is 0.838. The maximum absolute atomic E-state index is 5.77. The Morgan fingerprint density at radius 3 is 2.89 bits per heavy atom. The molecule has 0 amide bonds. The van der Waals surface area contributed by atoms with Gasteiger partial charge in [-0.25, -0.2) is 0 Å². The van der Waals surface area contributed by atoms with Crippen LogP contribution in [0.5, 0.6) is 5.75 Å². The Labute approximate surface area is 117 Å². The minimum absolute atomic E-state index is 0.190. The van der Waals surface area contributed by atoms with E-state index in [0.29, 0.717) is 0 Å². The van der Waals surface area contributed by atoms with Gasteiger partial charge in [-0.1, -0.05) is 22.0 Å². The minimum atomic E-state index is -0.192. The van der Waals surface area contributed by atoms with Crippen molar-refractivity contribution in [3.8, 4) is 5.75 Å². The Hall–Kier alpha value is -0.580. The lowest BCUT2D eigenvalue weighted by atomic mass is 10.0. The van der Waals surface area contributed by atoms with Crippen molar-refractivity contribution < 1.29 is 9.57 Å². The highest BCUT2D eigenvalue weighted by Gasteiger charge is 2.22. The van der Waals surface area contributed by atoms with Crippen LogP contribution >= 0.6 is 15.9 Å². The zero-order valence-electron chi connectivity index (χ0n) is 11.1. The third-order valence-corrected chi connectivity index (χ3v) is 3.25. The predicted octanol–water partition coefficient (Wildman–Crippen LogP) is 3.98. The van der Waals surface area contributed by atoms with Gasteiger partial charge in [-0.15, -0.1) is 0 Å². The van der Waals surface area contributed by atoms with Crippen LogP contribution in [-0.4, -0.2) is 12.2 Å². The highest BCUT2D eigenvalue weighted by Crippen LogP contribution is 2.33. The van der Waals surface area contributed by atoms with Crippen molar-refractivity contribution in [3.05, 3.63) is 28.2 Å². The first kappa shape index (κ1) is 13.8. The molecule has 1 aromatic rings. The molecule has 4 heteroatoms. The lowest BCUT2D eigenvalue weighted by Gasteiger charge is -2.25. The standard InChI is InChI=1S/C14H20BrNO2/c1-14(2,3)18-16-12-5-4-8-17-13-9-10(15)6-7-11(12)13/h6-7,9,12,16H,4-5,8H2,1-3H3. The Kier molecular flexibility index (Phi) is 4.30. The normalized spacial score (nSPS) is 19.9. The highest BCUT2D eigenvalue weighted by atomic mass is 79.9. The second-order valence-electron chi connectivity index (χ2n) is 5.56. The average Bonchev–Trinajstić information content (AvgIpc) is 2.47. The van der Waals surface area contributed by atoms with E-state index in [-0.39, 0.29) is 11.6 Å². The van der Waals surface area contributed by atoms with Gasteiger partial charge in [-0.05, 0) is 45.7 Å². The second-order valence-corrected chi connectivity index (χ2v) is 6.47. The molecule has 18 heavy (non-hydrogen) atoms. The van der Waals surface area contributed by atoms with Crippen molar-refractivity contribution in [3.63, 3.8) is 0 Å². The number of ether oxygens (including phenoxy) is 1. The predicted molar refractivity (Wildman–Crippen MR) is 75.6 cm³/mol. The van der Waals surface area contributed by atoms with Crippen molar-refractivity contribution in [2.75, 3.05) is 6.61 Å². The van der Waals surface area contributed by atoms with Crippen LogP contribution in [0.3, 0.4) is 0 Å². The average molecular weight is 314 g/mol. The second kappa shape index (κ2) is 5.59. The molecule has 0 saturated carbocycles. The topological polar surface area (TPSA) is 30.5 Å². The summed E-state index contributed by atoms with van der Waals surface area (Å²) in [7, 11) is 0. The smallest absolute Gasteiger partial charge is 0.125 e. The van der Waals surface area contributed by atoms with Gasteiger partial charge in [0.2, 0.25) is 0 Å². The number of hydrogen-bond donors (Lipinski definition) is 1. The van der Waals surface area contributed by atoms with Gasteiger partial charge >= 0.3 is 0 Å². The lowest BCUT2D eigenvalue weighted by molar-refractivity contribution is -0.0900. The first-order valence-electron chi connectivity index (χ1n) is 6.31. The molecule has 1 aromatic carbocycles. The van der Waals surface area contributed by atoms with Crippen LogP contribution in [0.4, 0.5) is 0 Å². The van der Waals surface area contributed by atoms with Crippen LogP contribution < -0.4 is 10.2 Å². The van der Waals surface area contributed by atoms with Crippen LogP contribution in [-0.2, 0) is 4.84 Å². The number of hydroxylamine groups is 1. The fourth-order valence-electron chi connectivity index (χ4n) is 1.92. The van der Waals surface area contributed by atoms with Crippen LogP contribution in [0, 0.1) is 0 Å². The number of hydrogen-bond acceptors (Lipinski definition) is 3. The maximum atomic E-state index is 5.77. The third kappa shape index (κ3) is 3.70. The molecule has 0 fully saturated rings. The number of fused-ring (bicyclic) bond motifs is 1. The van der Waals surface area contributed by atoms with Crippen LogP contribution in [0.1, 0.15) is 45.2 Å². The summed E-state index contributed by atoms with van der Waals surface area (Å²) in [5, 5.41) is 0. The van der Waals surface area contributed by atoms with Crippen molar-refractivity contribution in [1.29, 1.82) is 0 Å². The zero-order valence-corrected chi connectivity index (χ0v) is 12.7. The minimum Gasteiger partial charge on any atom is -0.493 e. The molecule has 0 spiro atoms. The van der Waals surface area contributed by atoms with Gasteiger partial charge in [0, 0.05) is 10.0 Å². The Morgan fingerprint density at radius 2 is 2.17 bits per heavy atom. The highest BCUT2D eigenvalue weighted by molar-refractivity contribution is 9.10. The molecule has 1 aliphatic rings. The van der Waals surface area contributed by atoms with Crippen molar-refractivity contribution in [1.82, 2.24) is 5.48 Å². The fraction of sp³-hybridized carbons (Fsp3) is 0.571. The molecule has 1 aliphatic heterocycles. The van der Waals surface area contributed by atoms with E-state index in [1.54, 1.807) is 0 Å². The summed E-state index contributed by atoms with van der Waals surface area (Å²) < 4.78 is 6.81. The van der Waals surface area contributed by atoms with E-state index in [1.165, 1.54) is 5.56 Å². The van der Waals surface area contributed by atoms with E-state index in [9.17, 15) is 0 Å². The molecule has 0 aliphatic carbocycles. The number of halogens is 1. The number of nitrogens with one attached hydrogen (secondary N) is 1. The summed E-state index contributed by atoms with van der Waals surface area (Å²) in [6.45, 7) is 6.87. The first-order valence-corrected chi connectivity index (χ1v) is 7.11. The summed E-state index contributed by atoms with van der Waals surface area (Å²) in [4.78, 5) is 5.69. The molecule has 0 aromatic heterocycles. The Bertz CT molecular complexity index is 415. The van der Waals surface area contributed by atoms with E-state index in [2.05, 4.69) is 27.5 Å². The number of rotatable bonds is 2. The molecule has 0 bridgehead atoms. The molecule has 3 nitrogen and oxygen atoms in total. The van der Waals surface area contributed by atoms with Crippen molar-refractivity contribution >= 4 is 15.9 Å². The molecular formula is C14H20BrNO2. The summed E-state index contributed by atoms with van der Waals surface area (Å²) in [5.41, 5.74) is 4.16. The van der Waals surface area contributed by atoms with Gasteiger partial charge in [0.05, 0.1) is 18.2 Å². The summed E-state index contributed by atoms with van der Waals surface area (Å²) >= 11 is 3.47. The molecule has 2 rings (SSSR count). The van der Waals surface area contributed by atoms with E-state index in [1.807, 2.05) is 32.9 Å².